The summed E-state index contributed by atoms with van der Waals surface area (Å²) in [5.74, 6) is 1.49. The van der Waals surface area contributed by atoms with Crippen molar-refractivity contribution in [2.24, 2.45) is 5.92 Å². The molecule has 2 saturated heterocycles. The molecule has 1 aromatic carbocycles. The summed E-state index contributed by atoms with van der Waals surface area (Å²) in [4.78, 5) is 35.5. The predicted molar refractivity (Wildman–Crippen MR) is 111 cm³/mol. The van der Waals surface area contributed by atoms with Gasteiger partial charge in [0.15, 0.2) is 11.5 Å². The quantitative estimate of drug-likeness (QED) is 0.741. The number of nitrogens with zero attached hydrogens (tertiary/aromatic N) is 5. The van der Waals surface area contributed by atoms with Gasteiger partial charge < -0.3 is 24.2 Å². The van der Waals surface area contributed by atoms with Crippen molar-refractivity contribution in [1.29, 1.82) is 5.26 Å². The van der Waals surface area contributed by atoms with Crippen molar-refractivity contribution in [3.8, 4) is 17.6 Å². The molecular formula is C22H21N5O4. The van der Waals surface area contributed by atoms with Crippen molar-refractivity contribution in [2.75, 3.05) is 49.3 Å². The van der Waals surface area contributed by atoms with Crippen molar-refractivity contribution in [2.45, 2.75) is 6.42 Å². The Hall–Kier alpha value is -3.80. The van der Waals surface area contributed by atoms with Gasteiger partial charge in [0.2, 0.25) is 18.6 Å². The molecule has 158 valence electrons. The molecule has 1 atom stereocenters. The molecule has 3 aliphatic rings. The van der Waals surface area contributed by atoms with Gasteiger partial charge in [-0.2, -0.15) is 5.26 Å². The Morgan fingerprint density at radius 2 is 1.94 bits per heavy atom. The number of hydrogen-bond acceptors (Lipinski definition) is 7. The molecule has 0 radical (unpaired) electrons. The number of piperazine rings is 1. The van der Waals surface area contributed by atoms with Crippen LogP contribution in [0.15, 0.2) is 36.5 Å². The molecule has 0 N–H and O–H groups in total. The Labute approximate surface area is 179 Å². The number of anilines is 2. The topological polar surface area (TPSA) is 99.0 Å². The van der Waals surface area contributed by atoms with Crippen molar-refractivity contribution < 1.29 is 19.1 Å². The minimum atomic E-state index is -0.367. The molecular weight excluding hydrogens is 398 g/mol. The number of rotatable bonds is 3. The first-order chi connectivity index (χ1) is 15.1. The predicted octanol–water partition coefficient (Wildman–Crippen LogP) is 1.38. The molecule has 0 bridgehead atoms. The van der Waals surface area contributed by atoms with E-state index in [9.17, 15) is 14.9 Å². The number of amides is 2. The maximum Gasteiger partial charge on any atom is 0.231 e. The second-order valence-electron chi connectivity index (χ2n) is 7.74. The number of hydrogen-bond donors (Lipinski definition) is 0. The number of pyridine rings is 1. The zero-order valence-corrected chi connectivity index (χ0v) is 16.9. The van der Waals surface area contributed by atoms with E-state index < -0.39 is 0 Å². The van der Waals surface area contributed by atoms with Gasteiger partial charge in [0.05, 0.1) is 11.5 Å². The van der Waals surface area contributed by atoms with Crippen LogP contribution < -0.4 is 19.3 Å². The number of carbonyl (C=O) groups is 2. The number of carbonyl (C=O) groups excluding carboxylic acids is 2. The molecule has 5 rings (SSSR count). The van der Waals surface area contributed by atoms with Gasteiger partial charge in [0, 0.05) is 57.1 Å². The second kappa shape index (κ2) is 7.80. The molecule has 2 amide bonds. The summed E-state index contributed by atoms with van der Waals surface area (Å²) in [6.07, 6.45) is 1.87. The normalized spacial score (nSPS) is 20.2. The van der Waals surface area contributed by atoms with Crippen LogP contribution in [0.4, 0.5) is 11.5 Å². The molecule has 9 nitrogen and oxygen atoms in total. The Bertz CT molecular complexity index is 1070. The average Bonchev–Trinajstić information content (AvgIpc) is 3.44. The third kappa shape index (κ3) is 3.50. The minimum absolute atomic E-state index is 0.00206. The Kier molecular flexibility index (Phi) is 4.82. The zero-order chi connectivity index (χ0) is 21.4. The lowest BCUT2D eigenvalue weighted by Gasteiger charge is -2.36. The standard InChI is InChI=1S/C22H21N5O4/c23-12-15-2-1-5-24-21(15)25-6-8-26(9-7-25)22(29)16-10-20(28)27(13-16)17-3-4-18-19(11-17)31-14-30-18/h1-5,11,16H,6-10,13-14H2. The first-order valence-electron chi connectivity index (χ1n) is 10.2. The number of aromatic nitrogens is 1. The van der Waals surface area contributed by atoms with E-state index in [1.807, 2.05) is 15.9 Å². The van der Waals surface area contributed by atoms with Crippen LogP contribution in [-0.2, 0) is 9.59 Å². The largest absolute Gasteiger partial charge is 0.454 e. The molecule has 2 aromatic rings. The molecule has 1 unspecified atom stereocenters. The van der Waals surface area contributed by atoms with Crippen LogP contribution in [0.2, 0.25) is 0 Å². The summed E-state index contributed by atoms with van der Waals surface area (Å²) in [7, 11) is 0. The SMILES string of the molecule is N#Cc1cccnc1N1CCN(C(=O)C2CC(=O)N(c3ccc4c(c3)OCO4)C2)CC1. The maximum atomic E-state index is 13.1. The van der Waals surface area contributed by atoms with Gasteiger partial charge in [-0.25, -0.2) is 4.98 Å². The van der Waals surface area contributed by atoms with Crippen LogP contribution in [0.5, 0.6) is 11.5 Å². The Morgan fingerprint density at radius 1 is 1.13 bits per heavy atom. The molecule has 0 spiro atoms. The lowest BCUT2D eigenvalue weighted by atomic mass is 10.1. The first kappa shape index (κ1) is 19.2. The van der Waals surface area contributed by atoms with E-state index in [-0.39, 0.29) is 30.9 Å². The summed E-state index contributed by atoms with van der Waals surface area (Å²) < 4.78 is 10.7. The molecule has 2 fully saturated rings. The van der Waals surface area contributed by atoms with Crippen molar-refractivity contribution >= 4 is 23.3 Å². The summed E-state index contributed by atoms with van der Waals surface area (Å²) in [6, 6.07) is 11.0. The fourth-order valence-corrected chi connectivity index (χ4v) is 4.31. The third-order valence-corrected chi connectivity index (χ3v) is 5.94. The van der Waals surface area contributed by atoms with E-state index in [0.717, 1.165) is 0 Å². The van der Waals surface area contributed by atoms with Gasteiger partial charge in [0.1, 0.15) is 11.9 Å². The Morgan fingerprint density at radius 3 is 2.74 bits per heavy atom. The van der Waals surface area contributed by atoms with Crippen LogP contribution in [0, 0.1) is 17.2 Å². The smallest absolute Gasteiger partial charge is 0.231 e. The van der Waals surface area contributed by atoms with Crippen LogP contribution in [0.3, 0.4) is 0 Å². The second-order valence-corrected chi connectivity index (χ2v) is 7.74. The van der Waals surface area contributed by atoms with E-state index in [1.165, 1.54) is 0 Å². The van der Waals surface area contributed by atoms with Crippen molar-refractivity contribution in [3.05, 3.63) is 42.1 Å². The Balaban J connectivity index is 1.23. The third-order valence-electron chi connectivity index (χ3n) is 5.94. The molecule has 4 heterocycles. The molecule has 3 aliphatic heterocycles. The molecule has 9 heteroatoms. The first-order valence-corrected chi connectivity index (χ1v) is 10.2. The van der Waals surface area contributed by atoms with Crippen LogP contribution in [-0.4, -0.2) is 61.2 Å². The molecule has 0 saturated carbocycles. The highest BCUT2D eigenvalue weighted by molar-refractivity contribution is 6.00. The zero-order valence-electron chi connectivity index (χ0n) is 16.9. The lowest BCUT2D eigenvalue weighted by molar-refractivity contribution is -0.136. The van der Waals surface area contributed by atoms with Crippen molar-refractivity contribution in [1.82, 2.24) is 9.88 Å². The van der Waals surface area contributed by atoms with Gasteiger partial charge in [-0.15, -0.1) is 0 Å². The summed E-state index contributed by atoms with van der Waals surface area (Å²) in [5, 5.41) is 9.30. The van der Waals surface area contributed by atoms with Gasteiger partial charge in [0.25, 0.3) is 0 Å². The molecule has 31 heavy (non-hydrogen) atoms. The monoisotopic (exact) mass is 419 g/mol. The van der Waals surface area contributed by atoms with E-state index in [4.69, 9.17) is 9.47 Å². The van der Waals surface area contributed by atoms with Crippen molar-refractivity contribution in [3.63, 3.8) is 0 Å². The van der Waals surface area contributed by atoms with Gasteiger partial charge in [-0.05, 0) is 24.3 Å². The van der Waals surface area contributed by atoms with E-state index >= 15 is 0 Å². The number of fused-ring (bicyclic) bond motifs is 1. The lowest BCUT2D eigenvalue weighted by Crippen LogP contribution is -2.51. The maximum absolute atomic E-state index is 13.1. The average molecular weight is 419 g/mol. The number of nitriles is 1. The van der Waals surface area contributed by atoms with Crippen LogP contribution in [0.1, 0.15) is 12.0 Å². The summed E-state index contributed by atoms with van der Waals surface area (Å²) in [6.45, 7) is 2.81. The minimum Gasteiger partial charge on any atom is -0.454 e. The van der Waals surface area contributed by atoms with Crippen LogP contribution in [0.25, 0.3) is 0 Å². The highest BCUT2D eigenvalue weighted by Gasteiger charge is 2.38. The van der Waals surface area contributed by atoms with E-state index in [0.29, 0.717) is 61.3 Å². The number of ether oxygens (including phenoxy) is 2. The van der Waals surface area contributed by atoms with Gasteiger partial charge >= 0.3 is 0 Å². The van der Waals surface area contributed by atoms with Gasteiger partial charge in [-0.1, -0.05) is 0 Å². The summed E-state index contributed by atoms with van der Waals surface area (Å²) in [5.41, 5.74) is 1.25. The van der Waals surface area contributed by atoms with E-state index in [1.54, 1.807) is 35.4 Å². The summed E-state index contributed by atoms with van der Waals surface area (Å²) >= 11 is 0. The highest BCUT2D eigenvalue weighted by atomic mass is 16.7. The molecule has 1 aromatic heterocycles. The molecule has 0 aliphatic carbocycles. The van der Waals surface area contributed by atoms with E-state index in [2.05, 4.69) is 11.1 Å². The number of benzene rings is 1. The fraction of sp³-hybridized carbons (Fsp3) is 0.364. The van der Waals surface area contributed by atoms with Crippen LogP contribution >= 0.6 is 0 Å². The fourth-order valence-electron chi connectivity index (χ4n) is 4.31. The van der Waals surface area contributed by atoms with Gasteiger partial charge in [-0.3, -0.25) is 9.59 Å². The highest BCUT2D eigenvalue weighted by Crippen LogP contribution is 2.37.